The van der Waals surface area contributed by atoms with E-state index < -0.39 is 24.4 Å². The lowest BCUT2D eigenvalue weighted by molar-refractivity contribution is -0.136. The zero-order valence-corrected chi connectivity index (χ0v) is 8.69. The monoisotopic (exact) mass is 255 g/mol. The van der Waals surface area contributed by atoms with E-state index in [1.165, 1.54) is 0 Å². The van der Waals surface area contributed by atoms with E-state index in [0.29, 0.717) is 0 Å². The van der Waals surface area contributed by atoms with Gasteiger partial charge in [-0.3, -0.25) is 4.79 Å². The molecule has 1 aromatic heterocycles. The van der Waals surface area contributed by atoms with Gasteiger partial charge in [0.05, 0.1) is 17.1 Å². The number of carboxylic acids is 1. The largest absolute Gasteiger partial charge is 0.481 e. The maximum atomic E-state index is 12.5. The SMILES string of the molecule is O=C(O)Cc1nc(Cl)c(Cl)cc1C(F)F. The minimum absolute atomic E-state index is 0.124. The average molecular weight is 256 g/mol. The molecular weight excluding hydrogens is 251 g/mol. The minimum Gasteiger partial charge on any atom is -0.481 e. The summed E-state index contributed by atoms with van der Waals surface area (Å²) in [5, 5.41) is 8.17. The van der Waals surface area contributed by atoms with Gasteiger partial charge in [0.25, 0.3) is 6.43 Å². The van der Waals surface area contributed by atoms with Gasteiger partial charge < -0.3 is 5.11 Å². The molecular formula is C8H5Cl2F2NO2. The van der Waals surface area contributed by atoms with Crippen LogP contribution < -0.4 is 0 Å². The Hall–Kier alpha value is -0.940. The maximum absolute atomic E-state index is 12.5. The topological polar surface area (TPSA) is 50.2 Å². The van der Waals surface area contributed by atoms with Crippen LogP contribution in [-0.2, 0) is 11.2 Å². The molecule has 1 rings (SSSR count). The number of alkyl halides is 2. The molecule has 0 saturated heterocycles. The zero-order chi connectivity index (χ0) is 11.6. The Morgan fingerprint density at radius 2 is 2.13 bits per heavy atom. The maximum Gasteiger partial charge on any atom is 0.309 e. The van der Waals surface area contributed by atoms with E-state index in [1.807, 2.05) is 0 Å². The summed E-state index contributed by atoms with van der Waals surface area (Å²) in [5.74, 6) is -1.26. The van der Waals surface area contributed by atoms with Gasteiger partial charge in [-0.1, -0.05) is 23.2 Å². The van der Waals surface area contributed by atoms with Crippen molar-refractivity contribution in [3.8, 4) is 0 Å². The van der Waals surface area contributed by atoms with E-state index in [0.717, 1.165) is 6.07 Å². The number of carbonyl (C=O) groups is 1. The highest BCUT2D eigenvalue weighted by atomic mass is 35.5. The molecule has 0 aromatic carbocycles. The van der Waals surface area contributed by atoms with Crippen LogP contribution in [0, 0.1) is 0 Å². The van der Waals surface area contributed by atoms with Gasteiger partial charge in [0.15, 0.2) is 0 Å². The molecule has 1 aromatic rings. The van der Waals surface area contributed by atoms with Crippen LogP contribution >= 0.6 is 23.2 Å². The van der Waals surface area contributed by atoms with Gasteiger partial charge in [-0.2, -0.15) is 0 Å². The highest BCUT2D eigenvalue weighted by molar-refractivity contribution is 6.41. The summed E-state index contributed by atoms with van der Waals surface area (Å²) >= 11 is 11.0. The summed E-state index contributed by atoms with van der Waals surface area (Å²) < 4.78 is 24.9. The number of carboxylic acid groups (broad SMARTS) is 1. The average Bonchev–Trinajstić information content (AvgIpc) is 2.09. The smallest absolute Gasteiger partial charge is 0.309 e. The van der Waals surface area contributed by atoms with Gasteiger partial charge in [-0.05, 0) is 6.07 Å². The van der Waals surface area contributed by atoms with Crippen LogP contribution in [0.3, 0.4) is 0 Å². The quantitative estimate of drug-likeness (QED) is 0.846. The first-order valence-electron chi connectivity index (χ1n) is 3.76. The van der Waals surface area contributed by atoms with E-state index in [9.17, 15) is 13.6 Å². The fourth-order valence-electron chi connectivity index (χ4n) is 0.990. The molecule has 15 heavy (non-hydrogen) atoms. The third kappa shape index (κ3) is 3.00. The van der Waals surface area contributed by atoms with Gasteiger partial charge in [0.1, 0.15) is 5.15 Å². The highest BCUT2D eigenvalue weighted by Crippen LogP contribution is 2.29. The van der Waals surface area contributed by atoms with E-state index in [-0.39, 0.29) is 15.9 Å². The molecule has 3 nitrogen and oxygen atoms in total. The van der Waals surface area contributed by atoms with Crippen molar-refractivity contribution in [2.75, 3.05) is 0 Å². The van der Waals surface area contributed by atoms with Crippen molar-refractivity contribution in [2.45, 2.75) is 12.8 Å². The Labute approximate surface area is 93.6 Å². The number of pyridine rings is 1. The van der Waals surface area contributed by atoms with E-state index in [1.54, 1.807) is 0 Å². The van der Waals surface area contributed by atoms with E-state index in [2.05, 4.69) is 4.98 Å². The molecule has 1 N–H and O–H groups in total. The summed E-state index contributed by atoms with van der Waals surface area (Å²) in [4.78, 5) is 13.9. The predicted molar refractivity (Wildman–Crippen MR) is 50.6 cm³/mol. The molecule has 0 aliphatic rings. The van der Waals surface area contributed by atoms with Crippen LogP contribution in [0.5, 0.6) is 0 Å². The summed E-state index contributed by atoms with van der Waals surface area (Å²) in [5.41, 5.74) is -0.779. The van der Waals surface area contributed by atoms with Crippen molar-refractivity contribution in [3.05, 3.63) is 27.5 Å². The fourth-order valence-corrected chi connectivity index (χ4v) is 1.31. The number of aromatic nitrogens is 1. The van der Waals surface area contributed by atoms with Gasteiger partial charge in [0, 0.05) is 5.56 Å². The van der Waals surface area contributed by atoms with Crippen molar-refractivity contribution >= 4 is 29.2 Å². The van der Waals surface area contributed by atoms with Crippen molar-refractivity contribution in [1.82, 2.24) is 4.98 Å². The Bertz CT molecular complexity index is 398. The zero-order valence-electron chi connectivity index (χ0n) is 7.18. The molecule has 7 heteroatoms. The summed E-state index contributed by atoms with van der Waals surface area (Å²) in [6.45, 7) is 0. The first kappa shape index (κ1) is 12.1. The standard InChI is InChI=1S/C8H5Cl2F2NO2/c9-4-1-3(8(11)12)5(2-6(14)15)13-7(4)10/h1,8H,2H2,(H,14,15). The van der Waals surface area contributed by atoms with Gasteiger partial charge >= 0.3 is 5.97 Å². The number of aliphatic carboxylic acids is 1. The van der Waals surface area contributed by atoms with Gasteiger partial charge in [-0.15, -0.1) is 0 Å². The molecule has 0 bridgehead atoms. The molecule has 0 atom stereocenters. The van der Waals surface area contributed by atoms with Crippen LogP contribution in [-0.4, -0.2) is 16.1 Å². The molecule has 0 amide bonds. The van der Waals surface area contributed by atoms with Gasteiger partial charge in [-0.25, -0.2) is 13.8 Å². The molecule has 0 radical (unpaired) electrons. The lowest BCUT2D eigenvalue weighted by Crippen LogP contribution is -2.07. The van der Waals surface area contributed by atoms with Crippen LogP contribution in [0.2, 0.25) is 10.2 Å². The summed E-state index contributed by atoms with van der Waals surface area (Å²) in [7, 11) is 0. The lowest BCUT2D eigenvalue weighted by Gasteiger charge is -2.07. The minimum atomic E-state index is -2.83. The molecule has 0 aliphatic carbocycles. The summed E-state index contributed by atoms with van der Waals surface area (Å²) in [6, 6.07) is 0.930. The molecule has 0 unspecified atom stereocenters. The van der Waals surface area contributed by atoms with E-state index in [4.69, 9.17) is 28.3 Å². The normalized spacial score (nSPS) is 10.7. The first-order chi connectivity index (χ1) is 6.91. The number of nitrogens with zero attached hydrogens (tertiary/aromatic N) is 1. The number of hydrogen-bond donors (Lipinski definition) is 1. The Balaban J connectivity index is 3.21. The fraction of sp³-hybridized carbons (Fsp3) is 0.250. The number of rotatable bonds is 3. The molecule has 0 saturated carbocycles. The van der Waals surface area contributed by atoms with Crippen LogP contribution in [0.15, 0.2) is 6.07 Å². The Kier molecular flexibility index (Phi) is 3.82. The van der Waals surface area contributed by atoms with Crippen LogP contribution in [0.4, 0.5) is 8.78 Å². The highest BCUT2D eigenvalue weighted by Gasteiger charge is 2.18. The second-order valence-corrected chi connectivity index (χ2v) is 3.43. The van der Waals surface area contributed by atoms with Crippen molar-refractivity contribution < 1.29 is 18.7 Å². The van der Waals surface area contributed by atoms with Crippen molar-refractivity contribution in [1.29, 1.82) is 0 Å². The first-order valence-corrected chi connectivity index (χ1v) is 4.52. The molecule has 82 valence electrons. The van der Waals surface area contributed by atoms with Crippen LogP contribution in [0.25, 0.3) is 0 Å². The van der Waals surface area contributed by atoms with Crippen molar-refractivity contribution in [2.24, 2.45) is 0 Å². The number of halogens is 4. The van der Waals surface area contributed by atoms with Crippen LogP contribution in [0.1, 0.15) is 17.7 Å². The second kappa shape index (κ2) is 4.72. The molecule has 1 heterocycles. The van der Waals surface area contributed by atoms with E-state index >= 15 is 0 Å². The second-order valence-electron chi connectivity index (χ2n) is 2.67. The Morgan fingerprint density at radius 1 is 1.53 bits per heavy atom. The summed E-state index contributed by atoms with van der Waals surface area (Å²) in [6.07, 6.45) is -3.45. The molecule has 0 aliphatic heterocycles. The predicted octanol–water partition coefficient (Wildman–Crippen LogP) is 2.95. The Morgan fingerprint density at radius 3 is 2.60 bits per heavy atom. The van der Waals surface area contributed by atoms with Crippen molar-refractivity contribution in [3.63, 3.8) is 0 Å². The molecule has 0 fully saturated rings. The third-order valence-electron chi connectivity index (χ3n) is 1.60. The van der Waals surface area contributed by atoms with Gasteiger partial charge in [0.2, 0.25) is 0 Å². The lowest BCUT2D eigenvalue weighted by atomic mass is 10.1. The third-order valence-corrected chi connectivity index (χ3v) is 2.27. The number of hydrogen-bond acceptors (Lipinski definition) is 2. The molecule has 0 spiro atoms.